The van der Waals surface area contributed by atoms with Crippen molar-refractivity contribution in [2.24, 2.45) is 0 Å². The third-order valence-electron chi connectivity index (χ3n) is 5.23. The number of rotatable bonds is 7. The van der Waals surface area contributed by atoms with Crippen molar-refractivity contribution in [1.29, 1.82) is 0 Å². The van der Waals surface area contributed by atoms with E-state index in [1.54, 1.807) is 0 Å². The number of nitrogens with zero attached hydrogens (tertiary/aromatic N) is 2. The summed E-state index contributed by atoms with van der Waals surface area (Å²) in [5, 5.41) is 9.67. The molecule has 1 aliphatic heterocycles. The molecule has 2 aliphatic rings. The molecule has 4 nitrogen and oxygen atoms in total. The number of hydrogen-bond acceptors (Lipinski definition) is 3. The van der Waals surface area contributed by atoms with Gasteiger partial charge in [-0.05, 0) is 58.1 Å². The van der Waals surface area contributed by atoms with E-state index in [4.69, 9.17) is 0 Å². The molecule has 4 heteroatoms. The molecule has 2 fully saturated rings. The van der Waals surface area contributed by atoms with Gasteiger partial charge in [-0.2, -0.15) is 0 Å². The van der Waals surface area contributed by atoms with Crippen LogP contribution in [0, 0.1) is 6.92 Å². The highest BCUT2D eigenvalue weighted by Gasteiger charge is 2.35. The normalized spacial score (nSPS) is 22.5. The molecule has 1 N–H and O–H groups in total. The van der Waals surface area contributed by atoms with E-state index in [1.165, 1.54) is 11.1 Å². The average Bonchev–Trinajstić information content (AvgIpc) is 3.29. The van der Waals surface area contributed by atoms with Crippen molar-refractivity contribution >= 4 is 5.91 Å². The van der Waals surface area contributed by atoms with Crippen LogP contribution in [0.2, 0.25) is 0 Å². The first kappa shape index (κ1) is 17.4. The molecule has 2 atom stereocenters. The molecule has 1 heterocycles. The Bertz CT molecular complexity index is 551. The van der Waals surface area contributed by atoms with Crippen molar-refractivity contribution < 1.29 is 9.90 Å². The zero-order valence-corrected chi connectivity index (χ0v) is 14.9. The highest BCUT2D eigenvalue weighted by molar-refractivity contribution is 5.79. The molecule has 1 aromatic rings. The first-order valence-corrected chi connectivity index (χ1v) is 9.30. The molecule has 3 rings (SSSR count). The summed E-state index contributed by atoms with van der Waals surface area (Å²) in [6.45, 7) is 6.13. The number of carbonyl (C=O) groups excluding carboxylic acids is 1. The largest absolute Gasteiger partial charge is 0.393 e. The molecule has 0 bridgehead atoms. The molecule has 0 spiro atoms. The van der Waals surface area contributed by atoms with Crippen LogP contribution in [-0.4, -0.2) is 52.1 Å². The summed E-state index contributed by atoms with van der Waals surface area (Å²) in [5.74, 6) is 0.246. The van der Waals surface area contributed by atoms with Crippen molar-refractivity contribution in [3.63, 3.8) is 0 Å². The molecule has 1 aliphatic carbocycles. The lowest BCUT2D eigenvalue weighted by atomic mass is 10.1. The third kappa shape index (κ3) is 4.58. The number of aliphatic hydroxyl groups excluding tert-OH is 1. The lowest BCUT2D eigenvalue weighted by molar-refractivity contribution is -0.134. The van der Waals surface area contributed by atoms with Gasteiger partial charge >= 0.3 is 0 Å². The lowest BCUT2D eigenvalue weighted by Gasteiger charge is -2.29. The van der Waals surface area contributed by atoms with Crippen LogP contribution < -0.4 is 0 Å². The summed E-state index contributed by atoms with van der Waals surface area (Å²) < 4.78 is 0. The van der Waals surface area contributed by atoms with E-state index in [9.17, 15) is 9.90 Å². The first-order valence-electron chi connectivity index (χ1n) is 9.30. The van der Waals surface area contributed by atoms with Crippen molar-refractivity contribution in [1.82, 2.24) is 9.80 Å². The molecule has 0 radical (unpaired) electrons. The molecule has 1 amide bonds. The van der Waals surface area contributed by atoms with E-state index in [0.29, 0.717) is 18.6 Å². The Balaban J connectivity index is 1.61. The second-order valence-electron chi connectivity index (χ2n) is 7.59. The van der Waals surface area contributed by atoms with Gasteiger partial charge in [0.05, 0.1) is 12.6 Å². The number of likely N-dealkylation sites (tertiary alicyclic amines) is 1. The van der Waals surface area contributed by atoms with E-state index in [2.05, 4.69) is 41.0 Å². The summed E-state index contributed by atoms with van der Waals surface area (Å²) in [5.41, 5.74) is 2.46. The summed E-state index contributed by atoms with van der Waals surface area (Å²) in [7, 11) is 0. The summed E-state index contributed by atoms with van der Waals surface area (Å²) >= 11 is 0. The molecular weight excluding hydrogens is 300 g/mol. The molecular formula is C20H30N2O2. The predicted octanol–water partition coefficient (Wildman–Crippen LogP) is 2.72. The van der Waals surface area contributed by atoms with Gasteiger partial charge in [0.25, 0.3) is 0 Å². The van der Waals surface area contributed by atoms with Crippen LogP contribution in [0.1, 0.15) is 50.2 Å². The molecule has 1 saturated carbocycles. The summed E-state index contributed by atoms with van der Waals surface area (Å²) in [6, 6.07) is 9.27. The second-order valence-corrected chi connectivity index (χ2v) is 7.59. The van der Waals surface area contributed by atoms with Crippen LogP contribution in [0.5, 0.6) is 0 Å². The SMILES string of the molecule is Cc1ccc(CN(C(=O)CN2CCCC2CC(C)O)C2CC2)cc1. The molecule has 1 saturated heterocycles. The Kier molecular flexibility index (Phi) is 5.57. The van der Waals surface area contributed by atoms with Crippen LogP contribution in [-0.2, 0) is 11.3 Å². The van der Waals surface area contributed by atoms with Gasteiger partial charge in [-0.1, -0.05) is 29.8 Å². The van der Waals surface area contributed by atoms with E-state index in [-0.39, 0.29) is 12.0 Å². The molecule has 0 aromatic heterocycles. The van der Waals surface area contributed by atoms with Crippen LogP contribution in [0.25, 0.3) is 0 Å². The zero-order valence-electron chi connectivity index (χ0n) is 14.9. The van der Waals surface area contributed by atoms with Crippen LogP contribution in [0.3, 0.4) is 0 Å². The van der Waals surface area contributed by atoms with Gasteiger partial charge < -0.3 is 10.0 Å². The monoisotopic (exact) mass is 330 g/mol. The number of carbonyl (C=O) groups is 1. The highest BCUT2D eigenvalue weighted by Crippen LogP contribution is 2.29. The molecule has 2 unspecified atom stereocenters. The smallest absolute Gasteiger partial charge is 0.237 e. The molecule has 24 heavy (non-hydrogen) atoms. The molecule has 132 valence electrons. The van der Waals surface area contributed by atoms with Gasteiger partial charge in [-0.25, -0.2) is 0 Å². The van der Waals surface area contributed by atoms with Crippen molar-refractivity contribution in [3.8, 4) is 0 Å². The Morgan fingerprint density at radius 1 is 1.29 bits per heavy atom. The van der Waals surface area contributed by atoms with Gasteiger partial charge in [0, 0.05) is 18.6 Å². The van der Waals surface area contributed by atoms with E-state index < -0.39 is 0 Å². The quantitative estimate of drug-likeness (QED) is 0.836. The average molecular weight is 330 g/mol. The number of aliphatic hydroxyl groups is 1. The summed E-state index contributed by atoms with van der Waals surface area (Å²) in [6.07, 6.45) is 4.97. The van der Waals surface area contributed by atoms with E-state index in [1.807, 2.05) is 6.92 Å². The van der Waals surface area contributed by atoms with E-state index in [0.717, 1.165) is 45.2 Å². The van der Waals surface area contributed by atoms with Gasteiger partial charge in [0.2, 0.25) is 5.91 Å². The van der Waals surface area contributed by atoms with Crippen molar-refractivity contribution in [2.75, 3.05) is 13.1 Å². The third-order valence-corrected chi connectivity index (χ3v) is 5.23. The number of benzene rings is 1. The second kappa shape index (κ2) is 7.66. The zero-order chi connectivity index (χ0) is 17.1. The Morgan fingerprint density at radius 3 is 2.62 bits per heavy atom. The van der Waals surface area contributed by atoms with Gasteiger partial charge in [-0.3, -0.25) is 9.69 Å². The number of amides is 1. The minimum absolute atomic E-state index is 0.246. The van der Waals surface area contributed by atoms with Crippen LogP contribution >= 0.6 is 0 Å². The minimum atomic E-state index is -0.294. The number of aryl methyl sites for hydroxylation is 1. The fraction of sp³-hybridized carbons (Fsp3) is 0.650. The Labute approximate surface area is 145 Å². The summed E-state index contributed by atoms with van der Waals surface area (Å²) in [4.78, 5) is 17.3. The fourth-order valence-electron chi connectivity index (χ4n) is 3.73. The lowest BCUT2D eigenvalue weighted by Crippen LogP contribution is -2.43. The van der Waals surface area contributed by atoms with Crippen LogP contribution in [0.4, 0.5) is 0 Å². The highest BCUT2D eigenvalue weighted by atomic mass is 16.3. The predicted molar refractivity (Wildman–Crippen MR) is 95.6 cm³/mol. The molecule has 1 aromatic carbocycles. The Morgan fingerprint density at radius 2 is 2.00 bits per heavy atom. The van der Waals surface area contributed by atoms with Gasteiger partial charge in [0.1, 0.15) is 0 Å². The maximum Gasteiger partial charge on any atom is 0.237 e. The minimum Gasteiger partial charge on any atom is -0.393 e. The van der Waals surface area contributed by atoms with Crippen LogP contribution in [0.15, 0.2) is 24.3 Å². The first-order chi connectivity index (χ1) is 11.5. The van der Waals surface area contributed by atoms with Crippen molar-refractivity contribution in [3.05, 3.63) is 35.4 Å². The fourth-order valence-corrected chi connectivity index (χ4v) is 3.73. The maximum atomic E-state index is 12.9. The topological polar surface area (TPSA) is 43.8 Å². The van der Waals surface area contributed by atoms with Gasteiger partial charge in [0.15, 0.2) is 0 Å². The standard InChI is InChI=1S/C20H30N2O2/c1-15-5-7-17(8-6-15)13-22(18-9-10-18)20(24)14-21-11-3-4-19(21)12-16(2)23/h5-8,16,18-19,23H,3-4,9-14H2,1-2H3. The maximum absolute atomic E-state index is 12.9. The van der Waals surface area contributed by atoms with Gasteiger partial charge in [-0.15, -0.1) is 0 Å². The Hall–Kier alpha value is -1.39. The van der Waals surface area contributed by atoms with E-state index >= 15 is 0 Å². The van der Waals surface area contributed by atoms with Crippen molar-refractivity contribution in [2.45, 2.75) is 70.7 Å². The number of hydrogen-bond donors (Lipinski definition) is 1.